The molecule has 4 rings (SSSR count). The van der Waals surface area contributed by atoms with Gasteiger partial charge in [0.1, 0.15) is 0 Å². The summed E-state index contributed by atoms with van der Waals surface area (Å²) in [5.41, 5.74) is 1.30. The number of hydrogen-bond donors (Lipinski definition) is 0. The Balaban J connectivity index is 1.32. The molecule has 2 fully saturated rings. The molecule has 39 heavy (non-hydrogen) atoms. The van der Waals surface area contributed by atoms with Gasteiger partial charge in [0.25, 0.3) is 0 Å². The van der Waals surface area contributed by atoms with Gasteiger partial charge in [0, 0.05) is 18.3 Å². The predicted molar refractivity (Wildman–Crippen MR) is 141 cm³/mol. The highest BCUT2D eigenvalue weighted by molar-refractivity contribution is 6.01. The van der Waals surface area contributed by atoms with Crippen LogP contribution in [-0.4, -0.2) is 36.5 Å². The average Bonchev–Trinajstić information content (AvgIpc) is 3.41. The highest BCUT2D eigenvalue weighted by Crippen LogP contribution is 2.54. The van der Waals surface area contributed by atoms with Crippen molar-refractivity contribution >= 4 is 29.8 Å². The number of carbonyl (C=O) groups excluding carboxylic acids is 5. The molecule has 2 aliphatic heterocycles. The molecule has 0 saturated carbocycles. The Morgan fingerprint density at radius 3 is 2.00 bits per heavy atom. The summed E-state index contributed by atoms with van der Waals surface area (Å²) in [4.78, 5) is 62.6. The third-order valence-electron chi connectivity index (χ3n) is 8.46. The minimum Gasteiger partial charge on any atom is -0.465 e. The second kappa shape index (κ2) is 13.9. The first kappa shape index (κ1) is 29.0. The highest BCUT2D eigenvalue weighted by atomic mass is 16.6. The number of benzene rings is 1. The van der Waals surface area contributed by atoms with Crippen molar-refractivity contribution in [3.05, 3.63) is 35.4 Å². The van der Waals surface area contributed by atoms with E-state index < -0.39 is 53.5 Å². The van der Waals surface area contributed by atoms with Gasteiger partial charge in [-0.25, -0.2) is 0 Å². The van der Waals surface area contributed by atoms with Gasteiger partial charge in [-0.2, -0.15) is 0 Å². The lowest BCUT2D eigenvalue weighted by Gasteiger charge is -2.39. The van der Waals surface area contributed by atoms with E-state index in [1.54, 1.807) is 24.3 Å². The fourth-order valence-electron chi connectivity index (χ4n) is 6.49. The first-order chi connectivity index (χ1) is 18.9. The molecule has 0 bridgehead atoms. The van der Waals surface area contributed by atoms with Crippen LogP contribution in [0.15, 0.2) is 24.3 Å². The van der Waals surface area contributed by atoms with Crippen molar-refractivity contribution in [3.63, 3.8) is 0 Å². The maximum Gasteiger partial charge on any atom is 0.321 e. The molecule has 1 aliphatic carbocycles. The molecular formula is C31H40O8. The quantitative estimate of drug-likeness (QED) is 0.124. The van der Waals surface area contributed by atoms with Crippen LogP contribution in [0.5, 0.6) is 0 Å². The molecule has 0 radical (unpaired) electrons. The first-order valence-electron chi connectivity index (χ1n) is 14.7. The number of fused-ring (bicyclic) bond motifs is 3. The van der Waals surface area contributed by atoms with Crippen molar-refractivity contribution < 1.29 is 38.2 Å². The molecule has 2 saturated heterocycles. The normalized spacial score (nSPS) is 25.7. The summed E-state index contributed by atoms with van der Waals surface area (Å²) in [6, 6.07) is 7.08. The summed E-state index contributed by atoms with van der Waals surface area (Å²) >= 11 is 0. The standard InChI is InChI=1S/C31H40O8/c1-2-3-4-5-6-7-8-9-10-11-12-17-24(32)37-19-23-26(22-18-25(33)38-29(22)34)20-15-13-14-16-21(20)27-28(23)31(36)39-30(27)35/h13-16,22-23,26-28H,2-12,17-19H2,1H3. The lowest BCUT2D eigenvalue weighted by atomic mass is 9.61. The van der Waals surface area contributed by atoms with Crippen LogP contribution < -0.4 is 0 Å². The molecule has 212 valence electrons. The van der Waals surface area contributed by atoms with Crippen LogP contribution in [-0.2, 0) is 38.2 Å². The van der Waals surface area contributed by atoms with Gasteiger partial charge in [-0.05, 0) is 17.5 Å². The van der Waals surface area contributed by atoms with Gasteiger partial charge in [0.15, 0.2) is 0 Å². The highest BCUT2D eigenvalue weighted by Gasteiger charge is 2.59. The zero-order valence-electron chi connectivity index (χ0n) is 22.9. The van der Waals surface area contributed by atoms with E-state index in [0.717, 1.165) is 19.3 Å². The van der Waals surface area contributed by atoms with Crippen molar-refractivity contribution in [1.82, 2.24) is 0 Å². The molecule has 0 amide bonds. The average molecular weight is 541 g/mol. The van der Waals surface area contributed by atoms with Crippen LogP contribution in [0.25, 0.3) is 0 Å². The van der Waals surface area contributed by atoms with Gasteiger partial charge in [-0.1, -0.05) is 95.4 Å². The minimum atomic E-state index is -0.893. The maximum atomic E-state index is 12.8. The molecular weight excluding hydrogens is 500 g/mol. The largest absolute Gasteiger partial charge is 0.465 e. The SMILES string of the molecule is CCCCCCCCCCCCCC(=O)OCC1C2C(=O)OC(=O)C2c2ccccc2C1C1CC(=O)OC1=O. The van der Waals surface area contributed by atoms with Crippen LogP contribution in [0, 0.1) is 17.8 Å². The Kier molecular flexibility index (Phi) is 10.3. The number of unbranched alkanes of at least 4 members (excludes halogenated alkanes) is 10. The third kappa shape index (κ3) is 6.95. The summed E-state index contributed by atoms with van der Waals surface area (Å²) < 4.78 is 15.5. The van der Waals surface area contributed by atoms with E-state index in [0.29, 0.717) is 11.1 Å². The summed E-state index contributed by atoms with van der Waals surface area (Å²) in [7, 11) is 0. The minimum absolute atomic E-state index is 0.124. The summed E-state index contributed by atoms with van der Waals surface area (Å²) in [6.07, 6.45) is 13.1. The van der Waals surface area contributed by atoms with Crippen molar-refractivity contribution in [1.29, 1.82) is 0 Å². The number of ether oxygens (including phenoxy) is 3. The molecule has 8 nitrogen and oxygen atoms in total. The Bertz CT molecular complexity index is 1060. The number of esters is 5. The Morgan fingerprint density at radius 2 is 1.38 bits per heavy atom. The van der Waals surface area contributed by atoms with Crippen LogP contribution >= 0.6 is 0 Å². The van der Waals surface area contributed by atoms with Crippen LogP contribution in [0.2, 0.25) is 0 Å². The lowest BCUT2D eigenvalue weighted by Crippen LogP contribution is -2.42. The van der Waals surface area contributed by atoms with E-state index in [1.165, 1.54) is 51.4 Å². The van der Waals surface area contributed by atoms with Gasteiger partial charge in [0.05, 0.1) is 30.8 Å². The van der Waals surface area contributed by atoms with Crippen LogP contribution in [0.1, 0.15) is 113 Å². The maximum absolute atomic E-state index is 12.8. The van der Waals surface area contributed by atoms with Gasteiger partial charge in [-0.3, -0.25) is 24.0 Å². The first-order valence-corrected chi connectivity index (χ1v) is 14.7. The van der Waals surface area contributed by atoms with Crippen LogP contribution in [0.4, 0.5) is 0 Å². The fourth-order valence-corrected chi connectivity index (χ4v) is 6.49. The number of cyclic esters (lactones) is 4. The predicted octanol–water partition coefficient (Wildman–Crippen LogP) is 5.52. The molecule has 3 aliphatic rings. The topological polar surface area (TPSA) is 113 Å². The van der Waals surface area contributed by atoms with Crippen molar-refractivity contribution in [2.45, 2.75) is 102 Å². The monoisotopic (exact) mass is 540 g/mol. The molecule has 0 N–H and O–H groups in total. The molecule has 5 atom stereocenters. The number of carbonyl (C=O) groups is 5. The zero-order chi connectivity index (χ0) is 27.8. The second-order valence-corrected chi connectivity index (χ2v) is 11.1. The second-order valence-electron chi connectivity index (χ2n) is 11.1. The summed E-state index contributed by atoms with van der Waals surface area (Å²) in [5.74, 6) is -6.82. The summed E-state index contributed by atoms with van der Waals surface area (Å²) in [5, 5.41) is 0. The van der Waals surface area contributed by atoms with E-state index in [9.17, 15) is 24.0 Å². The third-order valence-corrected chi connectivity index (χ3v) is 8.46. The molecule has 0 spiro atoms. The van der Waals surface area contributed by atoms with E-state index >= 15 is 0 Å². The van der Waals surface area contributed by atoms with Gasteiger partial charge in [0.2, 0.25) is 0 Å². The van der Waals surface area contributed by atoms with Crippen molar-refractivity contribution in [2.24, 2.45) is 17.8 Å². The van der Waals surface area contributed by atoms with E-state index in [-0.39, 0.29) is 25.4 Å². The Hall–Kier alpha value is -3.03. The smallest absolute Gasteiger partial charge is 0.321 e. The Morgan fingerprint density at radius 1 is 0.769 bits per heavy atom. The molecule has 1 aromatic carbocycles. The molecule has 5 unspecified atom stereocenters. The summed E-state index contributed by atoms with van der Waals surface area (Å²) in [6.45, 7) is 2.08. The Labute approximate surface area is 230 Å². The lowest BCUT2D eigenvalue weighted by molar-refractivity contribution is -0.157. The van der Waals surface area contributed by atoms with Gasteiger partial charge >= 0.3 is 29.8 Å². The van der Waals surface area contributed by atoms with Crippen molar-refractivity contribution in [2.75, 3.05) is 6.61 Å². The van der Waals surface area contributed by atoms with Gasteiger partial charge in [-0.15, -0.1) is 0 Å². The fraction of sp³-hybridized carbons (Fsp3) is 0.645. The number of hydrogen-bond acceptors (Lipinski definition) is 8. The molecule has 0 aromatic heterocycles. The molecule has 2 heterocycles. The van der Waals surface area contributed by atoms with E-state index in [4.69, 9.17) is 14.2 Å². The van der Waals surface area contributed by atoms with Crippen LogP contribution in [0.3, 0.4) is 0 Å². The van der Waals surface area contributed by atoms with E-state index in [2.05, 4.69) is 6.92 Å². The van der Waals surface area contributed by atoms with E-state index in [1.807, 2.05) is 0 Å². The zero-order valence-corrected chi connectivity index (χ0v) is 22.9. The number of rotatable bonds is 15. The molecule has 8 heteroatoms. The van der Waals surface area contributed by atoms with Crippen molar-refractivity contribution in [3.8, 4) is 0 Å². The van der Waals surface area contributed by atoms with Gasteiger partial charge < -0.3 is 14.2 Å². The molecule has 1 aromatic rings.